The first-order chi connectivity index (χ1) is 20.9. The maximum Gasteiger partial charge on any atom is 0.275 e. The summed E-state index contributed by atoms with van der Waals surface area (Å²) in [5, 5.41) is 18.5. The van der Waals surface area contributed by atoms with E-state index in [1.807, 2.05) is 72.7 Å². The summed E-state index contributed by atoms with van der Waals surface area (Å²) in [6, 6.07) is 20.0. The van der Waals surface area contributed by atoms with Crippen molar-refractivity contribution in [3.05, 3.63) is 94.8 Å². The Morgan fingerprint density at radius 3 is 2.53 bits per heavy atom. The summed E-state index contributed by atoms with van der Waals surface area (Å²) in [7, 11) is 0. The lowest BCUT2D eigenvalue weighted by molar-refractivity contribution is -0.142. The van der Waals surface area contributed by atoms with Crippen LogP contribution < -0.4 is 5.32 Å². The number of nitrogens with one attached hydrogen (secondary N) is 1. The van der Waals surface area contributed by atoms with Gasteiger partial charge in [-0.1, -0.05) is 73.5 Å². The molecular formula is C34H43Cl2N5O3S. The molecule has 3 heterocycles. The van der Waals surface area contributed by atoms with Crippen LogP contribution in [0.5, 0.6) is 0 Å². The Hall–Kier alpha value is -2.79. The topological polar surface area (TPSA) is 92.5 Å². The molecule has 242 valence electrons. The van der Waals surface area contributed by atoms with E-state index in [4.69, 9.17) is 9.72 Å². The van der Waals surface area contributed by atoms with E-state index in [2.05, 4.69) is 27.0 Å². The van der Waals surface area contributed by atoms with Crippen molar-refractivity contribution in [2.45, 2.75) is 69.2 Å². The maximum atomic E-state index is 14.4. The molecule has 1 aliphatic heterocycles. The molecule has 1 aliphatic carbocycles. The summed E-state index contributed by atoms with van der Waals surface area (Å²) in [4.78, 5) is 25.6. The number of imidazole rings is 1. The molecule has 1 amide bonds. The molecule has 4 aromatic rings. The van der Waals surface area contributed by atoms with Crippen LogP contribution in [0.3, 0.4) is 0 Å². The van der Waals surface area contributed by atoms with Crippen molar-refractivity contribution < 1.29 is 14.6 Å². The first-order valence-electron chi connectivity index (χ1n) is 15.3. The Bertz CT molecular complexity index is 1500. The number of aromatic nitrogens is 3. The monoisotopic (exact) mass is 671 g/mol. The van der Waals surface area contributed by atoms with Gasteiger partial charge in [0.1, 0.15) is 16.2 Å². The Kier molecular flexibility index (Phi) is 11.8. The van der Waals surface area contributed by atoms with Crippen molar-refractivity contribution in [2.24, 2.45) is 0 Å². The van der Waals surface area contributed by atoms with E-state index in [9.17, 15) is 9.90 Å². The minimum absolute atomic E-state index is 0. The summed E-state index contributed by atoms with van der Waals surface area (Å²) in [6.07, 6.45) is 7.59. The molecule has 2 aromatic heterocycles. The van der Waals surface area contributed by atoms with Crippen LogP contribution in [0.15, 0.2) is 78.6 Å². The van der Waals surface area contributed by atoms with Crippen molar-refractivity contribution in [1.82, 2.24) is 24.8 Å². The molecule has 1 saturated heterocycles. The minimum atomic E-state index is -1.12. The van der Waals surface area contributed by atoms with Crippen molar-refractivity contribution >= 4 is 42.1 Å². The molecule has 2 aromatic carbocycles. The molecule has 3 atom stereocenters. The lowest BCUT2D eigenvalue weighted by Gasteiger charge is -2.42. The number of hydrogen-bond donors (Lipinski definition) is 2. The molecular weight excluding hydrogens is 629 g/mol. The van der Waals surface area contributed by atoms with E-state index in [1.165, 1.54) is 5.56 Å². The molecule has 6 rings (SSSR count). The Labute approximate surface area is 282 Å². The van der Waals surface area contributed by atoms with E-state index in [1.54, 1.807) is 23.9 Å². The molecule has 0 spiro atoms. The highest BCUT2D eigenvalue weighted by atomic mass is 35.5. The van der Waals surface area contributed by atoms with Crippen molar-refractivity contribution in [2.75, 3.05) is 26.2 Å². The first kappa shape index (κ1) is 35.1. The standard InChI is InChI=1S/C34H41N5O3S.2ClH/c1-33(2,32-36-18-20-43-32)42-23-34(41)16-10-9-15-28(34)39-24-37-29(30(39)26-13-7-4-8-14-26)31(40)38-19-17-35-22-27(38)21-25-11-5-3-6-12-25;;/h3-8,11-14,18,20,24,27-28,35,41H,9-10,15-17,19,21-23H2,1-2H3;2*1H/t27-,28-,34-;;/m1../s1. The van der Waals surface area contributed by atoms with Gasteiger partial charge in [-0.05, 0) is 38.7 Å². The lowest BCUT2D eigenvalue weighted by atomic mass is 9.80. The van der Waals surface area contributed by atoms with Crippen molar-refractivity contribution in [3.8, 4) is 11.3 Å². The van der Waals surface area contributed by atoms with Gasteiger partial charge >= 0.3 is 0 Å². The second kappa shape index (κ2) is 15.2. The Morgan fingerprint density at radius 1 is 1.09 bits per heavy atom. The van der Waals surface area contributed by atoms with E-state index in [0.29, 0.717) is 18.7 Å². The number of piperazine rings is 1. The molecule has 2 aliphatic rings. The fourth-order valence-electron chi connectivity index (χ4n) is 6.53. The number of halogens is 2. The van der Waals surface area contributed by atoms with E-state index < -0.39 is 11.2 Å². The van der Waals surface area contributed by atoms with Gasteiger partial charge in [0, 0.05) is 42.8 Å². The largest absolute Gasteiger partial charge is 0.385 e. The van der Waals surface area contributed by atoms with Gasteiger partial charge in [-0.25, -0.2) is 9.97 Å². The number of aliphatic hydroxyl groups is 1. The smallest absolute Gasteiger partial charge is 0.275 e. The first-order valence-corrected chi connectivity index (χ1v) is 16.2. The van der Waals surface area contributed by atoms with E-state index in [-0.39, 0.29) is 49.4 Å². The number of nitrogens with zero attached hydrogens (tertiary/aromatic N) is 4. The predicted octanol–water partition coefficient (Wildman–Crippen LogP) is 6.31. The zero-order valence-electron chi connectivity index (χ0n) is 25.8. The highest BCUT2D eigenvalue weighted by Crippen LogP contribution is 2.42. The maximum absolute atomic E-state index is 14.4. The number of amides is 1. The number of rotatable bonds is 9. The van der Waals surface area contributed by atoms with Gasteiger partial charge in [0.15, 0.2) is 5.69 Å². The molecule has 11 heteroatoms. The van der Waals surface area contributed by atoms with Crippen molar-refractivity contribution in [3.63, 3.8) is 0 Å². The highest BCUT2D eigenvalue weighted by molar-refractivity contribution is 7.09. The van der Waals surface area contributed by atoms with Crippen LogP contribution in [-0.2, 0) is 16.8 Å². The molecule has 8 nitrogen and oxygen atoms in total. The Morgan fingerprint density at radius 2 is 1.82 bits per heavy atom. The fourth-order valence-corrected chi connectivity index (χ4v) is 7.24. The summed E-state index contributed by atoms with van der Waals surface area (Å²) in [5.41, 5.74) is 1.56. The second-order valence-electron chi connectivity index (χ2n) is 12.3. The summed E-state index contributed by atoms with van der Waals surface area (Å²) < 4.78 is 8.47. The minimum Gasteiger partial charge on any atom is -0.385 e. The number of benzene rings is 2. The van der Waals surface area contributed by atoms with Crippen LogP contribution in [0.2, 0.25) is 0 Å². The summed E-state index contributed by atoms with van der Waals surface area (Å²) in [5.74, 6) is -0.0689. The Balaban J connectivity index is 0.00000230. The molecule has 0 radical (unpaired) electrons. The van der Waals surface area contributed by atoms with Crippen LogP contribution in [0, 0.1) is 0 Å². The van der Waals surface area contributed by atoms with Gasteiger partial charge in [-0.2, -0.15) is 0 Å². The molecule has 2 fully saturated rings. The van der Waals surface area contributed by atoms with Gasteiger partial charge in [0.25, 0.3) is 5.91 Å². The van der Waals surface area contributed by atoms with Gasteiger partial charge in [-0.3, -0.25) is 4.79 Å². The predicted molar refractivity (Wildman–Crippen MR) is 184 cm³/mol. The lowest BCUT2D eigenvalue weighted by Crippen LogP contribution is -2.54. The number of ether oxygens (including phenoxy) is 1. The third-order valence-corrected chi connectivity index (χ3v) is 9.97. The zero-order chi connectivity index (χ0) is 29.9. The van der Waals surface area contributed by atoms with E-state index >= 15 is 0 Å². The summed E-state index contributed by atoms with van der Waals surface area (Å²) >= 11 is 1.55. The normalized spacial score (nSPS) is 21.9. The molecule has 0 bridgehead atoms. The van der Waals surface area contributed by atoms with E-state index in [0.717, 1.165) is 55.0 Å². The van der Waals surface area contributed by atoms with Crippen LogP contribution in [0.25, 0.3) is 11.3 Å². The van der Waals surface area contributed by atoms with Gasteiger partial charge in [0.2, 0.25) is 0 Å². The van der Waals surface area contributed by atoms with Crippen LogP contribution >= 0.6 is 36.2 Å². The third kappa shape index (κ3) is 7.62. The molecule has 2 N–H and O–H groups in total. The third-order valence-electron chi connectivity index (χ3n) is 8.89. The molecule has 45 heavy (non-hydrogen) atoms. The van der Waals surface area contributed by atoms with Crippen LogP contribution in [-0.4, -0.2) is 68.3 Å². The highest BCUT2D eigenvalue weighted by Gasteiger charge is 2.44. The quantitative estimate of drug-likeness (QED) is 0.217. The SMILES string of the molecule is CC(C)(OC[C@]1(O)CCCC[C@H]1n1cnc(C(=O)N2CCNC[C@H]2Cc2ccccc2)c1-c1ccccc1)c1nccs1.Cl.Cl. The van der Waals surface area contributed by atoms with Crippen molar-refractivity contribution in [1.29, 1.82) is 0 Å². The number of hydrogen-bond acceptors (Lipinski definition) is 7. The summed E-state index contributed by atoms with van der Waals surface area (Å²) in [6.45, 7) is 6.25. The zero-order valence-corrected chi connectivity index (χ0v) is 28.3. The van der Waals surface area contributed by atoms with Gasteiger partial charge < -0.3 is 24.6 Å². The van der Waals surface area contributed by atoms with Gasteiger partial charge in [-0.15, -0.1) is 36.2 Å². The number of thiazole rings is 1. The molecule has 0 unspecified atom stereocenters. The average Bonchev–Trinajstić information content (AvgIpc) is 3.73. The number of carbonyl (C=O) groups excluding carboxylic acids is 1. The van der Waals surface area contributed by atoms with Gasteiger partial charge in [0.05, 0.1) is 24.7 Å². The fraction of sp³-hybridized carbons (Fsp3) is 0.441. The van der Waals surface area contributed by atoms with Crippen LogP contribution in [0.1, 0.15) is 66.6 Å². The van der Waals surface area contributed by atoms with Crippen LogP contribution in [0.4, 0.5) is 0 Å². The molecule has 1 saturated carbocycles. The average molecular weight is 673 g/mol. The number of carbonyl (C=O) groups is 1. The second-order valence-corrected chi connectivity index (χ2v) is 13.2.